The molecule has 1 N–H and O–H groups in total. The minimum absolute atomic E-state index is 0.0895. The zero-order valence-electron chi connectivity index (χ0n) is 8.40. The Bertz CT molecular complexity index is 381. The summed E-state index contributed by atoms with van der Waals surface area (Å²) in [6.07, 6.45) is 5.91. The number of carbonyl (C=O) groups is 1. The van der Waals surface area contributed by atoms with Crippen LogP contribution in [0, 0.1) is 11.8 Å². The van der Waals surface area contributed by atoms with Gasteiger partial charge in [0.05, 0.1) is 13.8 Å². The van der Waals surface area contributed by atoms with Crippen LogP contribution in [0.2, 0.25) is 24.2 Å². The molecule has 0 aromatic carbocycles. The lowest BCUT2D eigenvalue weighted by molar-refractivity contribution is -0.118. The number of fused-ring (bicyclic) bond motifs is 5. The lowest BCUT2D eigenvalue weighted by atomic mass is 9.84. The first-order valence-corrected chi connectivity index (χ1v) is 8.31. The molecule has 3 aliphatic rings. The summed E-state index contributed by atoms with van der Waals surface area (Å²) in [5, 5.41) is 9.75. The SMILES string of the molecule is C[Si]1(C)C2C=CC1C1C(O)=CC(=O)C12. The highest BCUT2D eigenvalue weighted by Gasteiger charge is 2.62. The van der Waals surface area contributed by atoms with E-state index in [1.807, 2.05) is 0 Å². The molecular formula is C11H14O2Si. The molecule has 4 unspecified atom stereocenters. The molecule has 4 atom stereocenters. The van der Waals surface area contributed by atoms with Crippen molar-refractivity contribution in [3.8, 4) is 0 Å². The second kappa shape index (κ2) is 2.22. The maximum Gasteiger partial charge on any atom is 0.163 e. The van der Waals surface area contributed by atoms with Gasteiger partial charge in [0.25, 0.3) is 0 Å². The van der Waals surface area contributed by atoms with Crippen molar-refractivity contribution >= 4 is 13.9 Å². The number of aliphatic hydroxyl groups excluding tert-OH is 1. The van der Waals surface area contributed by atoms with Gasteiger partial charge in [-0.2, -0.15) is 0 Å². The molecule has 2 heterocycles. The summed E-state index contributed by atoms with van der Waals surface area (Å²) in [4.78, 5) is 11.7. The second-order valence-electron chi connectivity index (χ2n) is 5.28. The van der Waals surface area contributed by atoms with Crippen molar-refractivity contribution in [2.24, 2.45) is 11.8 Å². The van der Waals surface area contributed by atoms with Crippen LogP contribution in [-0.2, 0) is 4.79 Å². The van der Waals surface area contributed by atoms with Gasteiger partial charge in [0.1, 0.15) is 0 Å². The standard InChI is InChI=1S/C11H14O2Si/c1-14(2)8-3-4-9(14)11-7(13)5-6(12)10(8)11/h3-5,8-12H,1-2H3. The number of aliphatic hydroxyl groups is 1. The molecule has 1 fully saturated rings. The highest BCUT2D eigenvalue weighted by Crippen LogP contribution is 2.63. The maximum absolute atomic E-state index is 11.7. The summed E-state index contributed by atoms with van der Waals surface area (Å²) in [6, 6.07) is 0. The highest BCUT2D eigenvalue weighted by atomic mass is 28.3. The quantitative estimate of drug-likeness (QED) is 0.487. The van der Waals surface area contributed by atoms with Gasteiger partial charge in [-0.3, -0.25) is 4.79 Å². The minimum atomic E-state index is -1.35. The van der Waals surface area contributed by atoms with Gasteiger partial charge in [0.15, 0.2) is 5.78 Å². The van der Waals surface area contributed by atoms with Crippen molar-refractivity contribution in [2.45, 2.75) is 24.2 Å². The summed E-state index contributed by atoms with van der Waals surface area (Å²) >= 11 is 0. The van der Waals surface area contributed by atoms with E-state index >= 15 is 0 Å². The Morgan fingerprint density at radius 1 is 1.21 bits per heavy atom. The molecular weight excluding hydrogens is 192 g/mol. The zero-order valence-corrected chi connectivity index (χ0v) is 9.40. The fourth-order valence-corrected chi connectivity index (χ4v) is 7.89. The number of hydrogen-bond acceptors (Lipinski definition) is 2. The summed E-state index contributed by atoms with van der Waals surface area (Å²) in [5.41, 5.74) is 0.950. The molecule has 2 bridgehead atoms. The van der Waals surface area contributed by atoms with Gasteiger partial charge in [-0.25, -0.2) is 0 Å². The molecule has 3 heteroatoms. The monoisotopic (exact) mass is 206 g/mol. The van der Waals surface area contributed by atoms with E-state index in [4.69, 9.17) is 0 Å². The normalized spacial score (nSPS) is 47.0. The van der Waals surface area contributed by atoms with Crippen LogP contribution in [0.15, 0.2) is 24.0 Å². The van der Waals surface area contributed by atoms with Crippen LogP contribution >= 0.6 is 0 Å². The van der Waals surface area contributed by atoms with Crippen molar-refractivity contribution in [1.82, 2.24) is 0 Å². The summed E-state index contributed by atoms with van der Waals surface area (Å²) in [6.45, 7) is 4.67. The fraction of sp³-hybridized carbons (Fsp3) is 0.545. The van der Waals surface area contributed by atoms with E-state index < -0.39 is 8.07 Å². The topological polar surface area (TPSA) is 37.3 Å². The Hall–Kier alpha value is -0.833. The number of ketones is 1. The molecule has 14 heavy (non-hydrogen) atoms. The Kier molecular flexibility index (Phi) is 1.34. The number of hydrogen-bond donors (Lipinski definition) is 1. The molecule has 0 spiro atoms. The minimum Gasteiger partial charge on any atom is -0.512 e. The van der Waals surface area contributed by atoms with Crippen molar-refractivity contribution in [3.63, 3.8) is 0 Å². The number of allylic oxidation sites excluding steroid dienone is 4. The van der Waals surface area contributed by atoms with Crippen LogP contribution in [0.25, 0.3) is 0 Å². The first-order chi connectivity index (χ1) is 6.53. The Labute approximate surface area is 84.3 Å². The van der Waals surface area contributed by atoms with Gasteiger partial charge < -0.3 is 5.11 Å². The molecule has 2 aliphatic heterocycles. The average Bonchev–Trinajstić information content (AvgIpc) is 2.63. The van der Waals surface area contributed by atoms with Crippen LogP contribution in [0.1, 0.15) is 0 Å². The third kappa shape index (κ3) is 0.715. The molecule has 0 radical (unpaired) electrons. The van der Waals surface area contributed by atoms with Gasteiger partial charge in [-0.15, -0.1) is 0 Å². The van der Waals surface area contributed by atoms with Crippen molar-refractivity contribution in [2.75, 3.05) is 0 Å². The molecule has 0 saturated carbocycles. The van der Waals surface area contributed by atoms with Crippen LogP contribution in [0.4, 0.5) is 0 Å². The van der Waals surface area contributed by atoms with Gasteiger partial charge >= 0.3 is 0 Å². The maximum atomic E-state index is 11.7. The highest BCUT2D eigenvalue weighted by molar-refractivity contribution is 6.83. The van der Waals surface area contributed by atoms with Gasteiger partial charge in [-0.1, -0.05) is 25.2 Å². The Morgan fingerprint density at radius 2 is 1.79 bits per heavy atom. The molecule has 74 valence electrons. The van der Waals surface area contributed by atoms with E-state index in [0.717, 1.165) is 0 Å². The fourth-order valence-electron chi connectivity index (χ4n) is 3.63. The molecule has 0 aromatic rings. The summed E-state index contributed by atoms with van der Waals surface area (Å²) in [5.74, 6) is 0.730. The second-order valence-corrected chi connectivity index (χ2v) is 10.3. The molecule has 1 aliphatic carbocycles. The predicted octanol–water partition coefficient (Wildman–Crippen LogP) is 2.28. The number of rotatable bonds is 0. The van der Waals surface area contributed by atoms with Gasteiger partial charge in [0, 0.05) is 17.9 Å². The van der Waals surface area contributed by atoms with Crippen molar-refractivity contribution in [3.05, 3.63) is 24.0 Å². The van der Waals surface area contributed by atoms with E-state index in [-0.39, 0.29) is 17.6 Å². The lowest BCUT2D eigenvalue weighted by Crippen LogP contribution is -2.29. The first-order valence-electron chi connectivity index (χ1n) is 5.16. The van der Waals surface area contributed by atoms with E-state index in [2.05, 4.69) is 25.2 Å². The van der Waals surface area contributed by atoms with E-state index in [0.29, 0.717) is 16.8 Å². The van der Waals surface area contributed by atoms with Crippen molar-refractivity contribution < 1.29 is 9.90 Å². The molecule has 3 rings (SSSR count). The third-order valence-electron chi connectivity index (χ3n) is 4.36. The first kappa shape index (κ1) is 8.47. The Balaban J connectivity index is 2.13. The zero-order chi connectivity index (χ0) is 10.1. The molecule has 2 nitrogen and oxygen atoms in total. The largest absolute Gasteiger partial charge is 0.512 e. The lowest BCUT2D eigenvalue weighted by Gasteiger charge is -2.23. The smallest absolute Gasteiger partial charge is 0.163 e. The van der Waals surface area contributed by atoms with Crippen LogP contribution in [0.3, 0.4) is 0 Å². The Morgan fingerprint density at radius 3 is 2.36 bits per heavy atom. The molecule has 0 aromatic heterocycles. The van der Waals surface area contributed by atoms with Gasteiger partial charge in [-0.05, 0) is 11.1 Å². The van der Waals surface area contributed by atoms with Crippen LogP contribution in [-0.4, -0.2) is 19.0 Å². The predicted molar refractivity (Wildman–Crippen MR) is 56.8 cm³/mol. The molecule has 1 saturated heterocycles. The van der Waals surface area contributed by atoms with E-state index in [1.54, 1.807) is 0 Å². The number of carbonyl (C=O) groups excluding carboxylic acids is 1. The van der Waals surface area contributed by atoms with E-state index in [9.17, 15) is 9.90 Å². The average molecular weight is 206 g/mol. The van der Waals surface area contributed by atoms with Crippen LogP contribution in [0.5, 0.6) is 0 Å². The van der Waals surface area contributed by atoms with E-state index in [1.165, 1.54) is 6.08 Å². The summed E-state index contributed by atoms with van der Waals surface area (Å²) in [7, 11) is -1.35. The third-order valence-corrected chi connectivity index (χ3v) is 8.90. The molecule has 0 amide bonds. The van der Waals surface area contributed by atoms with Crippen molar-refractivity contribution in [1.29, 1.82) is 0 Å². The van der Waals surface area contributed by atoms with Crippen LogP contribution < -0.4 is 0 Å². The summed E-state index contributed by atoms with van der Waals surface area (Å²) < 4.78 is 0. The van der Waals surface area contributed by atoms with Gasteiger partial charge in [0.2, 0.25) is 0 Å².